The van der Waals surface area contributed by atoms with E-state index in [4.69, 9.17) is 20.1 Å². The number of nitrogens with zero attached hydrogens (tertiary/aromatic N) is 3. The molecule has 1 heterocycles. The fourth-order valence-corrected chi connectivity index (χ4v) is 3.29. The summed E-state index contributed by atoms with van der Waals surface area (Å²) < 4.78 is 5.85. The zero-order valence-corrected chi connectivity index (χ0v) is 17.6. The SMILES string of the molecule is O=C(O)CNN1CCCCCN1C(=O)C(CN(CC(=O)O)CC(=O)O)Oc1ccccc1. The maximum absolute atomic E-state index is 13.5. The molecule has 0 radical (unpaired) electrons. The number of carbonyl (C=O) groups is 4. The smallest absolute Gasteiger partial charge is 0.318 e. The topological polar surface area (TPSA) is 160 Å². The van der Waals surface area contributed by atoms with Gasteiger partial charge in [-0.3, -0.25) is 29.1 Å². The number of carboxylic acid groups (broad SMARTS) is 3. The number of aliphatic carboxylic acids is 3. The van der Waals surface area contributed by atoms with Crippen molar-refractivity contribution in [3.8, 4) is 5.75 Å². The van der Waals surface area contributed by atoms with Crippen molar-refractivity contribution in [1.29, 1.82) is 0 Å². The van der Waals surface area contributed by atoms with Crippen LogP contribution in [0.3, 0.4) is 0 Å². The zero-order valence-electron chi connectivity index (χ0n) is 17.6. The second kappa shape index (κ2) is 12.6. The number of hydrogen-bond donors (Lipinski definition) is 4. The van der Waals surface area contributed by atoms with Crippen LogP contribution in [0, 0.1) is 0 Å². The first-order valence-electron chi connectivity index (χ1n) is 10.2. The quantitative estimate of drug-likeness (QED) is 0.330. The van der Waals surface area contributed by atoms with Gasteiger partial charge in [-0.1, -0.05) is 24.6 Å². The lowest BCUT2D eigenvalue weighted by Crippen LogP contribution is -2.59. The Morgan fingerprint density at radius 3 is 2.16 bits per heavy atom. The third-order valence-electron chi connectivity index (χ3n) is 4.64. The van der Waals surface area contributed by atoms with E-state index < -0.39 is 49.6 Å². The highest BCUT2D eigenvalue weighted by molar-refractivity contribution is 5.81. The van der Waals surface area contributed by atoms with Gasteiger partial charge in [0.05, 0.1) is 13.1 Å². The number of ether oxygens (including phenoxy) is 1. The fraction of sp³-hybridized carbons (Fsp3) is 0.500. The summed E-state index contributed by atoms with van der Waals surface area (Å²) in [5, 5.41) is 30.1. The van der Waals surface area contributed by atoms with E-state index in [2.05, 4.69) is 5.43 Å². The molecule has 0 saturated carbocycles. The van der Waals surface area contributed by atoms with E-state index in [0.717, 1.165) is 17.7 Å². The summed E-state index contributed by atoms with van der Waals surface area (Å²) >= 11 is 0. The highest BCUT2D eigenvalue weighted by Gasteiger charge is 2.33. The Balaban J connectivity index is 2.28. The van der Waals surface area contributed by atoms with Crippen molar-refractivity contribution in [2.75, 3.05) is 39.3 Å². The Hall–Kier alpha value is -3.22. The molecule has 1 amide bonds. The summed E-state index contributed by atoms with van der Waals surface area (Å²) in [4.78, 5) is 48.0. The summed E-state index contributed by atoms with van der Waals surface area (Å²) in [5.41, 5.74) is 2.71. The first-order chi connectivity index (χ1) is 15.3. The fourth-order valence-electron chi connectivity index (χ4n) is 3.29. The van der Waals surface area contributed by atoms with Crippen molar-refractivity contribution in [3.63, 3.8) is 0 Å². The number of para-hydroxylation sites is 1. The van der Waals surface area contributed by atoms with Crippen LogP contribution in [-0.2, 0) is 19.2 Å². The van der Waals surface area contributed by atoms with Gasteiger partial charge in [0.15, 0.2) is 6.10 Å². The van der Waals surface area contributed by atoms with E-state index >= 15 is 0 Å². The molecule has 12 nitrogen and oxygen atoms in total. The molecule has 1 aromatic carbocycles. The van der Waals surface area contributed by atoms with E-state index in [1.54, 1.807) is 30.3 Å². The lowest BCUT2D eigenvalue weighted by atomic mass is 10.2. The zero-order chi connectivity index (χ0) is 23.5. The Morgan fingerprint density at radius 2 is 1.56 bits per heavy atom. The standard InChI is InChI=1S/C20H28N4O8/c25-17(26)11-21-24-10-6-2-5-9-23(24)20(31)16(32-15-7-3-1-4-8-15)12-22(13-18(27)28)14-19(29)30/h1,3-4,7-8,16,21H,2,5-6,9-14H2,(H,25,26)(H,27,28)(H,29,30). The van der Waals surface area contributed by atoms with Crippen LogP contribution in [0.4, 0.5) is 0 Å². The van der Waals surface area contributed by atoms with Crippen LogP contribution >= 0.6 is 0 Å². The molecule has 1 aliphatic rings. The number of hydrogen-bond acceptors (Lipinski definition) is 8. The third-order valence-corrected chi connectivity index (χ3v) is 4.64. The molecule has 32 heavy (non-hydrogen) atoms. The summed E-state index contributed by atoms with van der Waals surface area (Å²) in [7, 11) is 0. The maximum Gasteiger partial charge on any atom is 0.318 e. The van der Waals surface area contributed by atoms with Crippen molar-refractivity contribution in [1.82, 2.24) is 20.5 Å². The Morgan fingerprint density at radius 1 is 0.938 bits per heavy atom. The highest BCUT2D eigenvalue weighted by atomic mass is 16.5. The molecule has 1 aliphatic heterocycles. The van der Waals surface area contributed by atoms with Gasteiger partial charge >= 0.3 is 17.9 Å². The lowest BCUT2D eigenvalue weighted by Gasteiger charge is -2.36. The van der Waals surface area contributed by atoms with Gasteiger partial charge < -0.3 is 20.1 Å². The minimum absolute atomic E-state index is 0.282. The molecular weight excluding hydrogens is 424 g/mol. The van der Waals surface area contributed by atoms with Crippen LogP contribution in [0.15, 0.2) is 30.3 Å². The van der Waals surface area contributed by atoms with Crippen molar-refractivity contribution in [2.45, 2.75) is 25.4 Å². The summed E-state index contributed by atoms with van der Waals surface area (Å²) in [5.74, 6) is -3.74. The van der Waals surface area contributed by atoms with Gasteiger partial charge in [-0.25, -0.2) is 5.43 Å². The van der Waals surface area contributed by atoms with Crippen LogP contribution in [0.5, 0.6) is 5.75 Å². The number of amides is 1. The van der Waals surface area contributed by atoms with E-state index in [1.165, 1.54) is 10.1 Å². The second-order valence-electron chi connectivity index (χ2n) is 7.25. The molecule has 1 fully saturated rings. The molecule has 4 N–H and O–H groups in total. The number of carbonyl (C=O) groups excluding carboxylic acids is 1. The van der Waals surface area contributed by atoms with Gasteiger partial charge in [-0.2, -0.15) is 5.12 Å². The van der Waals surface area contributed by atoms with Crippen molar-refractivity contribution >= 4 is 23.8 Å². The van der Waals surface area contributed by atoms with Crippen molar-refractivity contribution in [2.24, 2.45) is 0 Å². The van der Waals surface area contributed by atoms with Crippen LogP contribution in [0.2, 0.25) is 0 Å². The molecular formula is C20H28N4O8. The molecule has 0 aromatic heterocycles. The molecule has 1 unspecified atom stereocenters. The molecule has 176 valence electrons. The summed E-state index contributed by atoms with van der Waals surface area (Å²) in [6, 6.07) is 8.42. The van der Waals surface area contributed by atoms with E-state index in [0.29, 0.717) is 25.3 Å². The van der Waals surface area contributed by atoms with Crippen LogP contribution in [0.1, 0.15) is 19.3 Å². The largest absolute Gasteiger partial charge is 0.480 e. The molecule has 0 spiro atoms. The predicted molar refractivity (Wildman–Crippen MR) is 110 cm³/mol. The summed E-state index contributed by atoms with van der Waals surface area (Å²) in [6.45, 7) is -1.15. The minimum atomic E-state index is -1.24. The molecule has 2 rings (SSSR count). The van der Waals surface area contributed by atoms with Gasteiger partial charge in [0.25, 0.3) is 5.91 Å². The third kappa shape index (κ3) is 8.49. The van der Waals surface area contributed by atoms with Crippen LogP contribution < -0.4 is 10.2 Å². The Kier molecular flexibility index (Phi) is 9.85. The average molecular weight is 452 g/mol. The number of rotatable bonds is 12. The molecule has 1 aromatic rings. The maximum atomic E-state index is 13.5. The molecule has 1 atom stereocenters. The normalized spacial score (nSPS) is 15.7. The van der Waals surface area contributed by atoms with E-state index in [-0.39, 0.29) is 6.54 Å². The predicted octanol–water partition coefficient (Wildman–Crippen LogP) is -0.276. The highest BCUT2D eigenvalue weighted by Crippen LogP contribution is 2.16. The Labute approximate surface area is 184 Å². The van der Waals surface area contributed by atoms with Crippen LogP contribution in [-0.4, -0.2) is 99.5 Å². The number of carboxylic acids is 3. The molecule has 12 heteroatoms. The minimum Gasteiger partial charge on any atom is -0.480 e. The second-order valence-corrected chi connectivity index (χ2v) is 7.25. The summed E-state index contributed by atoms with van der Waals surface area (Å²) in [6.07, 6.45) is 1.04. The van der Waals surface area contributed by atoms with Crippen molar-refractivity contribution in [3.05, 3.63) is 30.3 Å². The first kappa shape index (κ1) is 25.0. The van der Waals surface area contributed by atoms with E-state index in [1.807, 2.05) is 0 Å². The van der Waals surface area contributed by atoms with E-state index in [9.17, 15) is 19.2 Å². The Bertz CT molecular complexity index is 775. The molecule has 0 aliphatic carbocycles. The van der Waals surface area contributed by atoms with Gasteiger partial charge in [0.2, 0.25) is 0 Å². The molecule has 0 bridgehead atoms. The number of hydrazine groups is 2. The number of benzene rings is 1. The van der Waals surface area contributed by atoms with Crippen molar-refractivity contribution < 1.29 is 39.2 Å². The van der Waals surface area contributed by atoms with Gasteiger partial charge in [0.1, 0.15) is 12.3 Å². The molecule has 1 saturated heterocycles. The first-order valence-corrected chi connectivity index (χ1v) is 10.2. The van der Waals surface area contributed by atoms with Crippen LogP contribution in [0.25, 0.3) is 0 Å². The monoisotopic (exact) mass is 452 g/mol. The van der Waals surface area contributed by atoms with Gasteiger partial charge in [-0.05, 0) is 25.0 Å². The van der Waals surface area contributed by atoms with Gasteiger partial charge in [0, 0.05) is 19.6 Å². The number of nitrogens with one attached hydrogen (secondary N) is 1. The lowest BCUT2D eigenvalue weighted by molar-refractivity contribution is -0.166. The van der Waals surface area contributed by atoms with Gasteiger partial charge in [-0.15, -0.1) is 0 Å². The average Bonchev–Trinajstić information content (AvgIpc) is 2.96.